The molecule has 1 saturated carbocycles. The normalized spacial score (nSPS) is 25.5. The van der Waals surface area contributed by atoms with E-state index in [2.05, 4.69) is 31.3 Å². The van der Waals surface area contributed by atoms with Crippen LogP contribution in [-0.2, 0) is 0 Å². The first-order chi connectivity index (χ1) is 5.91. The Balaban J connectivity index is 2.54. The molecule has 0 aromatic rings. The Morgan fingerprint density at radius 2 is 2.23 bits per heavy atom. The van der Waals surface area contributed by atoms with E-state index in [0.717, 1.165) is 18.6 Å². The lowest BCUT2D eigenvalue weighted by atomic mass is 9.67. The highest BCUT2D eigenvalue weighted by molar-refractivity contribution is 5.92. The average Bonchev–Trinajstić information content (AvgIpc) is 1.79. The van der Waals surface area contributed by atoms with Crippen molar-refractivity contribution in [2.24, 2.45) is 16.4 Å². The number of hydrogen-bond donors (Lipinski definition) is 2. The molecule has 0 heterocycles. The molecule has 1 aliphatic rings. The van der Waals surface area contributed by atoms with E-state index in [-0.39, 0.29) is 5.41 Å². The summed E-state index contributed by atoms with van der Waals surface area (Å²) in [5, 5.41) is 12.2. The Labute approximate surface area is 78.0 Å². The number of amides is 1. The van der Waals surface area contributed by atoms with Crippen molar-refractivity contribution in [2.75, 3.05) is 0 Å². The lowest BCUT2D eigenvalue weighted by molar-refractivity contribution is 0.194. The van der Waals surface area contributed by atoms with Crippen molar-refractivity contribution in [3.63, 3.8) is 0 Å². The third kappa shape index (κ3) is 2.44. The summed E-state index contributed by atoms with van der Waals surface area (Å²) in [5.74, 6) is 0.430. The SMILES string of the molecule is CC(C)(C)C1CC/C1=N\NC(=O)O. The Kier molecular flexibility index (Phi) is 2.59. The number of carbonyl (C=O) groups is 1. The van der Waals surface area contributed by atoms with Crippen LogP contribution in [0.15, 0.2) is 5.10 Å². The molecule has 0 aliphatic heterocycles. The summed E-state index contributed by atoms with van der Waals surface area (Å²) in [6.07, 6.45) is 0.943. The molecule has 0 saturated heterocycles. The summed E-state index contributed by atoms with van der Waals surface area (Å²) in [6.45, 7) is 6.44. The van der Waals surface area contributed by atoms with Crippen LogP contribution < -0.4 is 5.43 Å². The number of nitrogens with zero attached hydrogens (tertiary/aromatic N) is 1. The first-order valence-electron chi connectivity index (χ1n) is 4.46. The molecule has 4 heteroatoms. The van der Waals surface area contributed by atoms with Gasteiger partial charge in [0.2, 0.25) is 0 Å². The summed E-state index contributed by atoms with van der Waals surface area (Å²) < 4.78 is 0. The molecule has 0 aromatic carbocycles. The number of nitrogens with one attached hydrogen (secondary N) is 1. The minimum atomic E-state index is -1.09. The highest BCUT2D eigenvalue weighted by Gasteiger charge is 2.36. The van der Waals surface area contributed by atoms with E-state index in [4.69, 9.17) is 5.11 Å². The maximum atomic E-state index is 10.2. The van der Waals surface area contributed by atoms with Crippen molar-refractivity contribution in [1.29, 1.82) is 0 Å². The van der Waals surface area contributed by atoms with E-state index >= 15 is 0 Å². The molecule has 1 atom stereocenters. The van der Waals surface area contributed by atoms with Gasteiger partial charge in [0.15, 0.2) is 0 Å². The lowest BCUT2D eigenvalue weighted by Gasteiger charge is -2.38. The maximum Gasteiger partial charge on any atom is 0.425 e. The summed E-state index contributed by atoms with van der Waals surface area (Å²) in [4.78, 5) is 10.2. The molecule has 74 valence electrons. The first kappa shape index (κ1) is 10.0. The van der Waals surface area contributed by atoms with Crippen molar-refractivity contribution >= 4 is 11.8 Å². The average molecular weight is 184 g/mol. The Morgan fingerprint density at radius 1 is 1.62 bits per heavy atom. The van der Waals surface area contributed by atoms with E-state index in [1.165, 1.54) is 0 Å². The van der Waals surface area contributed by atoms with Gasteiger partial charge in [0.05, 0.1) is 0 Å². The molecule has 0 spiro atoms. The van der Waals surface area contributed by atoms with Crippen LogP contribution in [0.3, 0.4) is 0 Å². The fraction of sp³-hybridized carbons (Fsp3) is 0.778. The van der Waals surface area contributed by atoms with Crippen LogP contribution in [-0.4, -0.2) is 16.9 Å². The molecule has 0 bridgehead atoms. The second kappa shape index (κ2) is 3.36. The lowest BCUT2D eigenvalue weighted by Crippen LogP contribution is -2.38. The van der Waals surface area contributed by atoms with Crippen LogP contribution in [0.2, 0.25) is 0 Å². The van der Waals surface area contributed by atoms with E-state index < -0.39 is 6.09 Å². The molecule has 0 aromatic heterocycles. The summed E-state index contributed by atoms with van der Waals surface area (Å²) in [7, 11) is 0. The molecule has 0 radical (unpaired) electrons. The monoisotopic (exact) mass is 184 g/mol. The zero-order valence-electron chi connectivity index (χ0n) is 8.29. The van der Waals surface area contributed by atoms with Crippen LogP contribution in [0.5, 0.6) is 0 Å². The quantitative estimate of drug-likeness (QED) is 0.613. The number of carboxylic acid groups (broad SMARTS) is 1. The standard InChI is InChI=1S/C9H16N2O2/c1-9(2,3)6-4-5-7(6)10-11-8(12)13/h6,11H,4-5H2,1-3H3,(H,12,13)/b10-7+. The highest BCUT2D eigenvalue weighted by Crippen LogP contribution is 2.38. The van der Waals surface area contributed by atoms with Crippen molar-refractivity contribution in [2.45, 2.75) is 33.6 Å². The molecule has 2 N–H and O–H groups in total. The van der Waals surface area contributed by atoms with Gasteiger partial charge in [-0.15, -0.1) is 0 Å². The number of rotatable bonds is 1. The van der Waals surface area contributed by atoms with Crippen LogP contribution in [0, 0.1) is 11.3 Å². The van der Waals surface area contributed by atoms with Crippen molar-refractivity contribution in [3.8, 4) is 0 Å². The second-order valence-corrected chi connectivity index (χ2v) is 4.48. The van der Waals surface area contributed by atoms with Crippen LogP contribution in [0.1, 0.15) is 33.6 Å². The topological polar surface area (TPSA) is 61.7 Å². The summed E-state index contributed by atoms with van der Waals surface area (Å²) in [6, 6.07) is 0. The number of hydrogen-bond acceptors (Lipinski definition) is 2. The van der Waals surface area contributed by atoms with Gasteiger partial charge in [0.25, 0.3) is 0 Å². The third-order valence-corrected chi connectivity index (χ3v) is 2.43. The fourth-order valence-electron chi connectivity index (χ4n) is 1.60. The molecule has 1 unspecified atom stereocenters. The molecule has 1 aliphatic carbocycles. The van der Waals surface area contributed by atoms with Gasteiger partial charge in [-0.25, -0.2) is 10.2 Å². The zero-order chi connectivity index (χ0) is 10.1. The summed E-state index contributed by atoms with van der Waals surface area (Å²) in [5.41, 5.74) is 3.23. The van der Waals surface area contributed by atoms with Crippen LogP contribution in [0.4, 0.5) is 4.79 Å². The van der Waals surface area contributed by atoms with Crippen molar-refractivity contribution < 1.29 is 9.90 Å². The molecule has 4 nitrogen and oxygen atoms in total. The minimum Gasteiger partial charge on any atom is -0.464 e. The van der Waals surface area contributed by atoms with Gasteiger partial charge in [-0.3, -0.25) is 0 Å². The van der Waals surface area contributed by atoms with Gasteiger partial charge in [-0.2, -0.15) is 5.10 Å². The minimum absolute atomic E-state index is 0.192. The van der Waals surface area contributed by atoms with Gasteiger partial charge in [-0.1, -0.05) is 20.8 Å². The van der Waals surface area contributed by atoms with Gasteiger partial charge in [-0.05, 0) is 18.3 Å². The zero-order valence-corrected chi connectivity index (χ0v) is 8.29. The van der Waals surface area contributed by atoms with Crippen molar-refractivity contribution in [1.82, 2.24) is 5.43 Å². The number of hydrazone groups is 1. The molecule has 1 amide bonds. The van der Waals surface area contributed by atoms with Crippen molar-refractivity contribution in [3.05, 3.63) is 0 Å². The van der Waals surface area contributed by atoms with E-state index in [1.807, 2.05) is 0 Å². The van der Waals surface area contributed by atoms with E-state index in [0.29, 0.717) is 5.92 Å². The maximum absolute atomic E-state index is 10.2. The fourth-order valence-corrected chi connectivity index (χ4v) is 1.60. The van der Waals surface area contributed by atoms with Crippen LogP contribution in [0.25, 0.3) is 0 Å². The predicted octanol–water partition coefficient (Wildman–Crippen LogP) is 2.07. The van der Waals surface area contributed by atoms with Gasteiger partial charge in [0, 0.05) is 11.6 Å². The van der Waals surface area contributed by atoms with E-state index in [9.17, 15) is 4.79 Å². The third-order valence-electron chi connectivity index (χ3n) is 2.43. The van der Waals surface area contributed by atoms with Gasteiger partial charge >= 0.3 is 6.09 Å². The molecule has 1 rings (SSSR count). The molecular weight excluding hydrogens is 168 g/mol. The Hall–Kier alpha value is -1.06. The second-order valence-electron chi connectivity index (χ2n) is 4.48. The predicted molar refractivity (Wildman–Crippen MR) is 50.8 cm³/mol. The van der Waals surface area contributed by atoms with Crippen LogP contribution >= 0.6 is 0 Å². The molecule has 13 heavy (non-hydrogen) atoms. The Morgan fingerprint density at radius 3 is 2.54 bits per heavy atom. The first-order valence-corrected chi connectivity index (χ1v) is 4.46. The highest BCUT2D eigenvalue weighted by atomic mass is 16.4. The molecule has 1 fully saturated rings. The largest absolute Gasteiger partial charge is 0.464 e. The molecular formula is C9H16N2O2. The van der Waals surface area contributed by atoms with Gasteiger partial charge in [0.1, 0.15) is 0 Å². The summed E-state index contributed by atoms with van der Waals surface area (Å²) >= 11 is 0. The van der Waals surface area contributed by atoms with Gasteiger partial charge < -0.3 is 5.11 Å². The van der Waals surface area contributed by atoms with E-state index in [1.54, 1.807) is 0 Å². The Bertz CT molecular complexity index is 240. The smallest absolute Gasteiger partial charge is 0.425 e.